The van der Waals surface area contributed by atoms with Crippen molar-refractivity contribution in [3.63, 3.8) is 0 Å². The van der Waals surface area contributed by atoms with Crippen LogP contribution in [-0.4, -0.2) is 15.9 Å². The third-order valence-corrected chi connectivity index (χ3v) is 3.63. The molecule has 0 bridgehead atoms. The van der Waals surface area contributed by atoms with Gasteiger partial charge in [0.25, 0.3) is 5.91 Å². The molecule has 0 saturated carbocycles. The number of aromatic nitrogens is 2. The molecule has 0 fully saturated rings. The Balaban J connectivity index is 1.63. The molecule has 1 aromatic carbocycles. The molecular weight excluding hydrogens is 306 g/mol. The maximum absolute atomic E-state index is 12.1. The maximum atomic E-state index is 12.1. The standard InChI is InChI=1S/C18H13N3O3/c1-11-10-12(18-21-16-14(24-18)4-2-8-19-16)6-7-13(11)20-17(22)15-5-3-9-23-15/h2-10H,1H3,(H,20,22). The highest BCUT2D eigenvalue weighted by atomic mass is 16.3. The van der Waals surface area contributed by atoms with Crippen molar-refractivity contribution in [1.29, 1.82) is 0 Å². The van der Waals surface area contributed by atoms with Crippen molar-refractivity contribution in [1.82, 2.24) is 9.97 Å². The number of fused-ring (bicyclic) bond motifs is 1. The normalized spacial score (nSPS) is 10.9. The molecule has 0 aliphatic heterocycles. The Labute approximate surface area is 137 Å². The second-order valence-electron chi connectivity index (χ2n) is 5.31. The number of oxazole rings is 1. The lowest BCUT2D eigenvalue weighted by Gasteiger charge is -2.08. The zero-order chi connectivity index (χ0) is 16.5. The third kappa shape index (κ3) is 2.54. The number of furan rings is 1. The van der Waals surface area contributed by atoms with Crippen molar-refractivity contribution >= 4 is 22.8 Å². The van der Waals surface area contributed by atoms with Crippen LogP contribution in [0.3, 0.4) is 0 Å². The van der Waals surface area contributed by atoms with Gasteiger partial charge >= 0.3 is 0 Å². The molecule has 0 aliphatic carbocycles. The smallest absolute Gasteiger partial charge is 0.291 e. The van der Waals surface area contributed by atoms with Gasteiger partial charge in [0.15, 0.2) is 17.0 Å². The number of hydrogen-bond donors (Lipinski definition) is 1. The van der Waals surface area contributed by atoms with E-state index in [9.17, 15) is 4.79 Å². The summed E-state index contributed by atoms with van der Waals surface area (Å²) in [5, 5.41) is 2.82. The Kier molecular flexibility index (Phi) is 3.35. The van der Waals surface area contributed by atoms with E-state index in [0.717, 1.165) is 11.1 Å². The Morgan fingerprint density at radius 2 is 2.08 bits per heavy atom. The number of carbonyl (C=O) groups excluding carboxylic acids is 1. The fourth-order valence-corrected chi connectivity index (χ4v) is 2.42. The Hall–Kier alpha value is -3.41. The Bertz CT molecular complexity index is 986. The summed E-state index contributed by atoms with van der Waals surface area (Å²) < 4.78 is 10.8. The molecule has 3 aromatic heterocycles. The predicted octanol–water partition coefficient (Wildman–Crippen LogP) is 4.04. The Morgan fingerprint density at radius 1 is 1.17 bits per heavy atom. The van der Waals surface area contributed by atoms with Crippen LogP contribution in [0.2, 0.25) is 0 Å². The fraction of sp³-hybridized carbons (Fsp3) is 0.0556. The first-order valence-corrected chi connectivity index (χ1v) is 7.38. The molecule has 118 valence electrons. The van der Waals surface area contributed by atoms with Crippen LogP contribution >= 0.6 is 0 Å². The first-order chi connectivity index (χ1) is 11.7. The van der Waals surface area contributed by atoms with Crippen molar-refractivity contribution in [3.05, 3.63) is 66.2 Å². The highest BCUT2D eigenvalue weighted by Gasteiger charge is 2.13. The number of aryl methyl sites for hydroxylation is 1. The van der Waals surface area contributed by atoms with Crippen LogP contribution in [0.4, 0.5) is 5.69 Å². The van der Waals surface area contributed by atoms with Crippen molar-refractivity contribution in [2.45, 2.75) is 6.92 Å². The number of nitrogens with one attached hydrogen (secondary N) is 1. The van der Waals surface area contributed by atoms with Crippen molar-refractivity contribution in [2.24, 2.45) is 0 Å². The van der Waals surface area contributed by atoms with E-state index in [1.165, 1.54) is 6.26 Å². The largest absolute Gasteiger partial charge is 0.459 e. The van der Waals surface area contributed by atoms with Crippen molar-refractivity contribution in [3.8, 4) is 11.5 Å². The number of rotatable bonds is 3. The molecule has 0 unspecified atom stereocenters. The summed E-state index contributed by atoms with van der Waals surface area (Å²) in [5.74, 6) is 0.473. The molecule has 3 heterocycles. The minimum Gasteiger partial charge on any atom is -0.459 e. The monoisotopic (exact) mass is 319 g/mol. The van der Waals surface area contributed by atoms with E-state index in [1.807, 2.05) is 31.2 Å². The van der Waals surface area contributed by atoms with Gasteiger partial charge in [-0.1, -0.05) is 0 Å². The van der Waals surface area contributed by atoms with Crippen LogP contribution in [0, 0.1) is 6.92 Å². The predicted molar refractivity (Wildman–Crippen MR) is 88.6 cm³/mol. The quantitative estimate of drug-likeness (QED) is 0.616. The van der Waals surface area contributed by atoms with E-state index in [-0.39, 0.29) is 11.7 Å². The van der Waals surface area contributed by atoms with Crippen LogP contribution in [0.5, 0.6) is 0 Å². The van der Waals surface area contributed by atoms with Gasteiger partial charge < -0.3 is 14.2 Å². The topological polar surface area (TPSA) is 81.2 Å². The van der Waals surface area contributed by atoms with Gasteiger partial charge in [-0.15, -0.1) is 0 Å². The fourth-order valence-electron chi connectivity index (χ4n) is 2.42. The molecule has 4 aromatic rings. The third-order valence-electron chi connectivity index (χ3n) is 3.63. The van der Waals surface area contributed by atoms with E-state index in [2.05, 4.69) is 15.3 Å². The molecule has 4 rings (SSSR count). The average molecular weight is 319 g/mol. The molecule has 24 heavy (non-hydrogen) atoms. The van der Waals surface area contributed by atoms with E-state index in [0.29, 0.717) is 22.8 Å². The van der Waals surface area contributed by atoms with E-state index in [1.54, 1.807) is 24.4 Å². The summed E-state index contributed by atoms with van der Waals surface area (Å²) >= 11 is 0. The number of amides is 1. The van der Waals surface area contributed by atoms with Crippen LogP contribution in [0.15, 0.2) is 63.8 Å². The summed E-state index contributed by atoms with van der Waals surface area (Å²) in [7, 11) is 0. The summed E-state index contributed by atoms with van der Waals surface area (Å²) in [6.45, 7) is 1.90. The highest BCUT2D eigenvalue weighted by molar-refractivity contribution is 6.02. The lowest BCUT2D eigenvalue weighted by molar-refractivity contribution is 0.0996. The van der Waals surface area contributed by atoms with Crippen LogP contribution in [-0.2, 0) is 0 Å². The van der Waals surface area contributed by atoms with Crippen molar-refractivity contribution in [2.75, 3.05) is 5.32 Å². The summed E-state index contributed by atoms with van der Waals surface area (Å²) in [6.07, 6.45) is 3.14. The molecule has 6 heteroatoms. The van der Waals surface area contributed by atoms with Gasteiger partial charge in [-0.05, 0) is 55.0 Å². The molecule has 6 nitrogen and oxygen atoms in total. The molecule has 0 atom stereocenters. The van der Waals surface area contributed by atoms with E-state index in [4.69, 9.17) is 8.83 Å². The molecule has 0 saturated heterocycles. The molecule has 0 spiro atoms. The van der Waals surface area contributed by atoms with Gasteiger partial charge in [-0.25, -0.2) is 4.98 Å². The zero-order valence-electron chi connectivity index (χ0n) is 12.8. The lowest BCUT2D eigenvalue weighted by Crippen LogP contribution is -2.11. The van der Waals surface area contributed by atoms with Crippen LogP contribution < -0.4 is 5.32 Å². The number of nitrogens with zero attached hydrogens (tertiary/aromatic N) is 2. The maximum Gasteiger partial charge on any atom is 0.291 e. The summed E-state index contributed by atoms with van der Waals surface area (Å²) in [5.41, 5.74) is 3.62. The number of anilines is 1. The van der Waals surface area contributed by atoms with Gasteiger partial charge in [-0.3, -0.25) is 4.79 Å². The van der Waals surface area contributed by atoms with Gasteiger partial charge in [0, 0.05) is 17.4 Å². The number of hydrogen-bond acceptors (Lipinski definition) is 5. The summed E-state index contributed by atoms with van der Waals surface area (Å²) in [6, 6.07) is 12.5. The van der Waals surface area contributed by atoms with Crippen LogP contribution in [0.25, 0.3) is 22.7 Å². The minimum absolute atomic E-state index is 0.267. The second-order valence-corrected chi connectivity index (χ2v) is 5.31. The molecule has 0 radical (unpaired) electrons. The van der Waals surface area contributed by atoms with E-state index < -0.39 is 0 Å². The van der Waals surface area contributed by atoms with Gasteiger partial charge in [0.2, 0.25) is 5.89 Å². The first-order valence-electron chi connectivity index (χ1n) is 7.38. The number of benzene rings is 1. The minimum atomic E-state index is -0.290. The lowest BCUT2D eigenvalue weighted by atomic mass is 10.1. The average Bonchev–Trinajstić information content (AvgIpc) is 3.26. The highest BCUT2D eigenvalue weighted by Crippen LogP contribution is 2.27. The SMILES string of the molecule is Cc1cc(-c2nc3ncccc3o2)ccc1NC(=O)c1ccco1. The van der Waals surface area contributed by atoms with Gasteiger partial charge in [0.05, 0.1) is 6.26 Å². The summed E-state index contributed by atoms with van der Waals surface area (Å²) in [4.78, 5) is 20.6. The first kappa shape index (κ1) is 14.2. The number of carbonyl (C=O) groups is 1. The number of pyridine rings is 1. The molecule has 0 aliphatic rings. The zero-order valence-corrected chi connectivity index (χ0v) is 12.8. The van der Waals surface area contributed by atoms with Gasteiger partial charge in [0.1, 0.15) is 0 Å². The van der Waals surface area contributed by atoms with Crippen molar-refractivity contribution < 1.29 is 13.6 Å². The van der Waals surface area contributed by atoms with Gasteiger partial charge in [-0.2, -0.15) is 4.98 Å². The molecule has 1 amide bonds. The molecular formula is C18H13N3O3. The Morgan fingerprint density at radius 3 is 2.83 bits per heavy atom. The second kappa shape index (κ2) is 5.66. The van der Waals surface area contributed by atoms with Crippen LogP contribution in [0.1, 0.15) is 16.1 Å². The van der Waals surface area contributed by atoms with E-state index >= 15 is 0 Å². The molecule has 1 N–H and O–H groups in total.